The lowest BCUT2D eigenvalue weighted by molar-refractivity contribution is -0.148. The van der Waals surface area contributed by atoms with Gasteiger partial charge in [0.1, 0.15) is 0 Å². The number of carbonyl (C=O) groups is 2. The Morgan fingerprint density at radius 2 is 2.00 bits per heavy atom. The molecule has 0 aromatic heterocycles. The first kappa shape index (κ1) is 25.1. The van der Waals surface area contributed by atoms with Gasteiger partial charge in [-0.1, -0.05) is 38.8 Å². The number of aliphatic hydroxyl groups excluding tert-OH is 1. The molecule has 1 heterocycles. The van der Waals surface area contributed by atoms with Gasteiger partial charge in [-0.15, -0.1) is 11.8 Å². The average Bonchev–Trinajstić information content (AvgIpc) is 2.88. The van der Waals surface area contributed by atoms with Gasteiger partial charge in [0.2, 0.25) is 0 Å². The van der Waals surface area contributed by atoms with Crippen molar-refractivity contribution in [2.75, 3.05) is 6.54 Å². The lowest BCUT2D eigenvalue weighted by Crippen LogP contribution is -2.36. The molecule has 1 aliphatic rings. The average molecular weight is 414 g/mol. The van der Waals surface area contributed by atoms with Crippen LogP contribution in [0.1, 0.15) is 71.6 Å². The molecule has 29 heavy (non-hydrogen) atoms. The molecular formula is C22H33F2NO4. The van der Waals surface area contributed by atoms with Gasteiger partial charge in [0.25, 0.3) is 5.91 Å². The zero-order valence-corrected chi connectivity index (χ0v) is 17.4. The fraction of sp³-hybridized carbons (Fsp3) is 0.727. The molecule has 2 N–H and O–H groups in total. The van der Waals surface area contributed by atoms with Gasteiger partial charge < -0.3 is 15.1 Å². The molecule has 0 radical (unpaired) electrons. The number of amides is 1. The van der Waals surface area contributed by atoms with Crippen LogP contribution in [0.3, 0.4) is 0 Å². The van der Waals surface area contributed by atoms with Crippen LogP contribution in [0.4, 0.5) is 8.78 Å². The van der Waals surface area contributed by atoms with Crippen molar-refractivity contribution in [3.8, 4) is 11.8 Å². The number of unbranched alkanes of at least 4 members (excludes halogenated alkanes) is 4. The minimum Gasteiger partial charge on any atom is -0.481 e. The summed E-state index contributed by atoms with van der Waals surface area (Å²) in [5, 5.41) is 18.9. The molecule has 0 aromatic rings. The molecule has 1 saturated heterocycles. The quantitative estimate of drug-likeness (QED) is 0.288. The van der Waals surface area contributed by atoms with Crippen molar-refractivity contribution in [1.29, 1.82) is 0 Å². The topological polar surface area (TPSA) is 77.8 Å². The van der Waals surface area contributed by atoms with Gasteiger partial charge in [-0.2, -0.15) is 8.78 Å². The number of carboxylic acid groups (broad SMARTS) is 1. The Bertz CT molecular complexity index is 624. The summed E-state index contributed by atoms with van der Waals surface area (Å²) in [5.41, 5.74) is 0. The highest BCUT2D eigenvalue weighted by Gasteiger charge is 2.52. The molecule has 0 aromatic carbocycles. The molecule has 0 saturated carbocycles. The zero-order chi connectivity index (χ0) is 21.9. The number of rotatable bonds is 12. The third kappa shape index (κ3) is 8.95. The summed E-state index contributed by atoms with van der Waals surface area (Å²) in [6.07, 6.45) is 6.42. The predicted octanol–water partition coefficient (Wildman–Crippen LogP) is 4.00. The third-order valence-electron chi connectivity index (χ3n) is 5.02. The molecule has 1 fully saturated rings. The number of alkyl halides is 2. The van der Waals surface area contributed by atoms with E-state index in [1.165, 1.54) is 17.1 Å². The van der Waals surface area contributed by atoms with E-state index in [4.69, 9.17) is 5.11 Å². The molecule has 0 bridgehead atoms. The maximum Gasteiger partial charge on any atom is 0.327 e. The Hall–Kier alpha value is -1.94. The molecule has 3 atom stereocenters. The number of carbonyl (C=O) groups excluding carboxylic acids is 1. The second-order valence-electron chi connectivity index (χ2n) is 7.69. The number of halogens is 2. The molecule has 1 rings (SSSR count). The smallest absolute Gasteiger partial charge is 0.327 e. The summed E-state index contributed by atoms with van der Waals surface area (Å²) in [7, 11) is 0. The number of hydrogen-bond donors (Lipinski definition) is 2. The molecule has 7 heteroatoms. The molecule has 5 nitrogen and oxygen atoms in total. The van der Waals surface area contributed by atoms with Gasteiger partial charge in [0.05, 0.1) is 12.1 Å². The Morgan fingerprint density at radius 1 is 1.31 bits per heavy atom. The summed E-state index contributed by atoms with van der Waals surface area (Å²) in [6, 6.07) is -0.746. The number of likely N-dealkylation sites (tertiary alicyclic amines) is 1. The lowest BCUT2D eigenvalue weighted by atomic mass is 9.99. The highest BCUT2D eigenvalue weighted by molar-refractivity contribution is 5.86. The minimum atomic E-state index is -3.39. The van der Waals surface area contributed by atoms with Crippen molar-refractivity contribution >= 4 is 11.9 Å². The van der Waals surface area contributed by atoms with E-state index in [0.29, 0.717) is 32.1 Å². The maximum absolute atomic E-state index is 13.9. The van der Waals surface area contributed by atoms with E-state index in [-0.39, 0.29) is 18.9 Å². The van der Waals surface area contributed by atoms with Crippen molar-refractivity contribution in [1.82, 2.24) is 4.90 Å². The van der Waals surface area contributed by atoms with Crippen molar-refractivity contribution in [3.63, 3.8) is 0 Å². The van der Waals surface area contributed by atoms with Crippen molar-refractivity contribution in [3.05, 3.63) is 12.2 Å². The van der Waals surface area contributed by atoms with Gasteiger partial charge >= 0.3 is 11.9 Å². The van der Waals surface area contributed by atoms with Crippen LogP contribution in [0.5, 0.6) is 0 Å². The monoisotopic (exact) mass is 413 g/mol. The van der Waals surface area contributed by atoms with Gasteiger partial charge in [-0.05, 0) is 25.2 Å². The summed E-state index contributed by atoms with van der Waals surface area (Å²) < 4.78 is 27.8. The number of nitrogens with zero attached hydrogens (tertiary/aromatic N) is 1. The van der Waals surface area contributed by atoms with Crippen molar-refractivity contribution in [2.24, 2.45) is 5.92 Å². The standard InChI is InChI=1S/C22H33F2NO4/c1-3-4-5-8-11-17(2)19(26)14-13-18-16-22(23,24)21(29)25(18)15-10-7-6-9-12-20(27)28/h13-14,17-19,26H,3-4,6-7,9-12,15-16H2,1-2H3,(H,27,28)/t17-,18-,19-/m0/s1. The van der Waals surface area contributed by atoms with Gasteiger partial charge in [0, 0.05) is 32.2 Å². The van der Waals surface area contributed by atoms with Crippen LogP contribution in [0.15, 0.2) is 12.2 Å². The molecule has 1 amide bonds. The van der Waals surface area contributed by atoms with Gasteiger partial charge in [0.15, 0.2) is 0 Å². The summed E-state index contributed by atoms with van der Waals surface area (Å²) in [4.78, 5) is 23.7. The van der Waals surface area contributed by atoms with E-state index < -0.39 is 36.4 Å². The number of aliphatic hydroxyl groups is 1. The third-order valence-corrected chi connectivity index (χ3v) is 5.02. The summed E-state index contributed by atoms with van der Waals surface area (Å²) >= 11 is 0. The number of carboxylic acids is 1. The first-order chi connectivity index (χ1) is 13.7. The Morgan fingerprint density at radius 3 is 2.66 bits per heavy atom. The number of aliphatic carboxylic acids is 1. The second-order valence-corrected chi connectivity index (χ2v) is 7.69. The van der Waals surface area contributed by atoms with Crippen LogP contribution < -0.4 is 0 Å². The Balaban J connectivity index is 2.57. The molecule has 0 unspecified atom stereocenters. The van der Waals surface area contributed by atoms with Crippen molar-refractivity contribution in [2.45, 2.75) is 89.7 Å². The van der Waals surface area contributed by atoms with E-state index >= 15 is 0 Å². The molecule has 0 spiro atoms. The minimum absolute atomic E-state index is 0.0883. The van der Waals surface area contributed by atoms with Crippen LogP contribution >= 0.6 is 0 Å². The van der Waals surface area contributed by atoms with Crippen LogP contribution in [0, 0.1) is 17.8 Å². The van der Waals surface area contributed by atoms with Crippen LogP contribution in [-0.4, -0.2) is 51.6 Å². The molecule has 1 aliphatic heterocycles. The lowest BCUT2D eigenvalue weighted by Gasteiger charge is -2.22. The first-order valence-corrected chi connectivity index (χ1v) is 10.4. The zero-order valence-electron chi connectivity index (χ0n) is 17.4. The second kappa shape index (κ2) is 12.6. The van der Waals surface area contributed by atoms with E-state index in [2.05, 4.69) is 11.8 Å². The fourth-order valence-electron chi connectivity index (χ4n) is 3.17. The van der Waals surface area contributed by atoms with Crippen molar-refractivity contribution < 1.29 is 28.6 Å². The van der Waals surface area contributed by atoms with Crippen LogP contribution in [0.25, 0.3) is 0 Å². The number of hydrogen-bond acceptors (Lipinski definition) is 3. The molecule has 0 aliphatic carbocycles. The Kier molecular flexibility index (Phi) is 10.9. The SMILES string of the molecule is CCCC#CC[C@H](C)[C@@H](O)C=C[C@H]1CC(F)(F)C(=O)N1CCCCCCC(=O)O. The first-order valence-electron chi connectivity index (χ1n) is 10.4. The Labute approximate surface area is 172 Å². The predicted molar refractivity (Wildman–Crippen MR) is 107 cm³/mol. The highest BCUT2D eigenvalue weighted by atomic mass is 19.3. The highest BCUT2D eigenvalue weighted by Crippen LogP contribution is 2.34. The van der Waals surface area contributed by atoms with Crippen LogP contribution in [0.2, 0.25) is 0 Å². The van der Waals surface area contributed by atoms with Crippen LogP contribution in [-0.2, 0) is 9.59 Å². The largest absolute Gasteiger partial charge is 0.481 e. The van der Waals surface area contributed by atoms with Gasteiger partial charge in [-0.3, -0.25) is 9.59 Å². The summed E-state index contributed by atoms with van der Waals surface area (Å²) in [6.45, 7) is 4.08. The van der Waals surface area contributed by atoms with E-state index in [1.54, 1.807) is 0 Å². The van der Waals surface area contributed by atoms with E-state index in [0.717, 1.165) is 12.8 Å². The fourth-order valence-corrected chi connectivity index (χ4v) is 3.17. The summed E-state index contributed by atoms with van der Waals surface area (Å²) in [5.74, 6) is 0.480. The van der Waals surface area contributed by atoms with Gasteiger partial charge in [-0.25, -0.2) is 0 Å². The normalized spacial score (nSPS) is 20.5. The van der Waals surface area contributed by atoms with E-state index in [9.17, 15) is 23.5 Å². The van der Waals surface area contributed by atoms with E-state index in [1.807, 2.05) is 13.8 Å². The molecular weight excluding hydrogens is 380 g/mol. The molecule has 164 valence electrons. The maximum atomic E-state index is 13.9.